The molecule has 0 spiro atoms. The summed E-state index contributed by atoms with van der Waals surface area (Å²) in [6.45, 7) is 3.39. The van der Waals surface area contributed by atoms with Crippen molar-refractivity contribution in [1.29, 1.82) is 0 Å². The van der Waals surface area contributed by atoms with Crippen molar-refractivity contribution < 1.29 is 9.47 Å². The molecule has 1 N–H and O–H groups in total. The lowest BCUT2D eigenvalue weighted by Gasteiger charge is -2.06. The maximum absolute atomic E-state index is 5.10. The van der Waals surface area contributed by atoms with Gasteiger partial charge in [-0.1, -0.05) is 24.3 Å². The second-order valence-electron chi connectivity index (χ2n) is 3.78. The molecular weight excluding hydrogens is 202 g/mol. The molecule has 3 nitrogen and oxygen atoms in total. The van der Waals surface area contributed by atoms with Crippen molar-refractivity contribution in [3.05, 3.63) is 35.4 Å². The van der Waals surface area contributed by atoms with Gasteiger partial charge in [0, 0.05) is 27.4 Å². The Bertz CT molecular complexity index is 289. The van der Waals surface area contributed by atoms with Gasteiger partial charge in [0.1, 0.15) is 0 Å². The highest BCUT2D eigenvalue weighted by atomic mass is 16.5. The van der Waals surface area contributed by atoms with Gasteiger partial charge >= 0.3 is 0 Å². The van der Waals surface area contributed by atoms with Gasteiger partial charge < -0.3 is 14.8 Å². The maximum Gasteiger partial charge on any atom is 0.0713 e. The molecule has 0 atom stereocenters. The third-order valence-corrected chi connectivity index (χ3v) is 2.33. The molecule has 3 heteroatoms. The predicted molar refractivity (Wildman–Crippen MR) is 65.4 cm³/mol. The van der Waals surface area contributed by atoms with Crippen LogP contribution in [-0.4, -0.2) is 27.4 Å². The summed E-state index contributed by atoms with van der Waals surface area (Å²) in [4.78, 5) is 0. The van der Waals surface area contributed by atoms with E-state index in [1.165, 1.54) is 11.1 Å². The average Bonchev–Trinajstić information content (AvgIpc) is 2.30. The van der Waals surface area contributed by atoms with Gasteiger partial charge in [-0.3, -0.25) is 0 Å². The zero-order chi connectivity index (χ0) is 11.6. The van der Waals surface area contributed by atoms with Gasteiger partial charge in [-0.2, -0.15) is 0 Å². The van der Waals surface area contributed by atoms with Crippen LogP contribution in [0.2, 0.25) is 0 Å². The van der Waals surface area contributed by atoms with E-state index in [9.17, 15) is 0 Å². The minimum Gasteiger partial charge on any atom is -0.385 e. The number of hydrogen-bond donors (Lipinski definition) is 1. The van der Waals surface area contributed by atoms with E-state index in [-0.39, 0.29) is 0 Å². The summed E-state index contributed by atoms with van der Waals surface area (Å²) in [6, 6.07) is 8.45. The number of methoxy groups -OCH3 is 2. The summed E-state index contributed by atoms with van der Waals surface area (Å²) in [7, 11) is 3.45. The first-order chi connectivity index (χ1) is 7.86. The van der Waals surface area contributed by atoms with E-state index in [0.717, 1.165) is 26.1 Å². The summed E-state index contributed by atoms with van der Waals surface area (Å²) >= 11 is 0. The van der Waals surface area contributed by atoms with E-state index in [4.69, 9.17) is 9.47 Å². The third kappa shape index (κ3) is 5.26. The lowest BCUT2D eigenvalue weighted by Crippen LogP contribution is -2.16. The first-order valence-electron chi connectivity index (χ1n) is 5.63. The molecule has 1 aromatic carbocycles. The van der Waals surface area contributed by atoms with E-state index in [0.29, 0.717) is 6.61 Å². The van der Waals surface area contributed by atoms with Crippen molar-refractivity contribution in [1.82, 2.24) is 5.32 Å². The molecule has 0 saturated carbocycles. The van der Waals surface area contributed by atoms with Crippen LogP contribution in [0.4, 0.5) is 0 Å². The normalized spacial score (nSPS) is 10.6. The van der Waals surface area contributed by atoms with E-state index < -0.39 is 0 Å². The van der Waals surface area contributed by atoms with Gasteiger partial charge in [0.15, 0.2) is 0 Å². The SMILES string of the molecule is COCCCNCc1cccc(COC)c1. The van der Waals surface area contributed by atoms with E-state index in [2.05, 4.69) is 29.6 Å². The summed E-state index contributed by atoms with van der Waals surface area (Å²) < 4.78 is 10.1. The van der Waals surface area contributed by atoms with Crippen molar-refractivity contribution in [3.8, 4) is 0 Å². The minimum atomic E-state index is 0.678. The largest absolute Gasteiger partial charge is 0.385 e. The van der Waals surface area contributed by atoms with Crippen LogP contribution >= 0.6 is 0 Å². The molecule has 0 amide bonds. The quantitative estimate of drug-likeness (QED) is 0.683. The smallest absolute Gasteiger partial charge is 0.0713 e. The fourth-order valence-corrected chi connectivity index (χ4v) is 1.57. The monoisotopic (exact) mass is 223 g/mol. The lowest BCUT2D eigenvalue weighted by molar-refractivity contribution is 0.185. The molecule has 0 unspecified atom stereocenters. The molecule has 0 aliphatic heterocycles. The number of ether oxygens (including phenoxy) is 2. The molecule has 0 heterocycles. The number of nitrogens with one attached hydrogen (secondary N) is 1. The average molecular weight is 223 g/mol. The molecule has 0 radical (unpaired) electrons. The van der Waals surface area contributed by atoms with E-state index in [1.807, 2.05) is 0 Å². The van der Waals surface area contributed by atoms with Crippen LogP contribution in [0.25, 0.3) is 0 Å². The zero-order valence-electron chi connectivity index (χ0n) is 10.2. The van der Waals surface area contributed by atoms with Gasteiger partial charge in [0.05, 0.1) is 6.61 Å². The van der Waals surface area contributed by atoms with Crippen molar-refractivity contribution in [2.75, 3.05) is 27.4 Å². The van der Waals surface area contributed by atoms with Crippen LogP contribution in [0.3, 0.4) is 0 Å². The second-order valence-corrected chi connectivity index (χ2v) is 3.78. The number of benzene rings is 1. The van der Waals surface area contributed by atoms with Crippen molar-refractivity contribution in [2.45, 2.75) is 19.6 Å². The van der Waals surface area contributed by atoms with Crippen molar-refractivity contribution >= 4 is 0 Å². The molecule has 0 aliphatic carbocycles. The Morgan fingerprint density at radius 1 is 1.12 bits per heavy atom. The Balaban J connectivity index is 2.27. The van der Waals surface area contributed by atoms with Crippen LogP contribution < -0.4 is 5.32 Å². The molecule has 0 aliphatic rings. The Labute approximate surface area is 97.8 Å². The van der Waals surface area contributed by atoms with E-state index >= 15 is 0 Å². The van der Waals surface area contributed by atoms with Crippen LogP contribution in [0, 0.1) is 0 Å². The predicted octanol–water partition coefficient (Wildman–Crippen LogP) is 1.96. The first kappa shape index (κ1) is 13.2. The molecule has 0 fully saturated rings. The van der Waals surface area contributed by atoms with Crippen molar-refractivity contribution in [2.24, 2.45) is 0 Å². The fraction of sp³-hybridized carbons (Fsp3) is 0.538. The summed E-state index contributed by atoms with van der Waals surface area (Å²) in [6.07, 6.45) is 1.05. The lowest BCUT2D eigenvalue weighted by atomic mass is 10.1. The Kier molecular flexibility index (Phi) is 6.81. The van der Waals surface area contributed by atoms with Gasteiger partial charge in [0.25, 0.3) is 0 Å². The maximum atomic E-state index is 5.10. The molecular formula is C13H21NO2. The molecule has 16 heavy (non-hydrogen) atoms. The van der Waals surface area contributed by atoms with Gasteiger partial charge in [-0.15, -0.1) is 0 Å². The van der Waals surface area contributed by atoms with Crippen LogP contribution in [-0.2, 0) is 22.6 Å². The summed E-state index contributed by atoms with van der Waals surface area (Å²) in [5.74, 6) is 0. The molecule has 90 valence electrons. The van der Waals surface area contributed by atoms with Crippen LogP contribution in [0.5, 0.6) is 0 Å². The molecule has 1 aromatic rings. The zero-order valence-corrected chi connectivity index (χ0v) is 10.2. The molecule has 0 aromatic heterocycles. The highest BCUT2D eigenvalue weighted by Gasteiger charge is 1.95. The highest BCUT2D eigenvalue weighted by Crippen LogP contribution is 2.06. The van der Waals surface area contributed by atoms with Gasteiger partial charge in [0.2, 0.25) is 0 Å². The Hall–Kier alpha value is -0.900. The molecule has 0 saturated heterocycles. The Morgan fingerprint density at radius 3 is 2.69 bits per heavy atom. The highest BCUT2D eigenvalue weighted by molar-refractivity contribution is 5.22. The van der Waals surface area contributed by atoms with E-state index in [1.54, 1.807) is 14.2 Å². The number of rotatable bonds is 8. The topological polar surface area (TPSA) is 30.5 Å². The van der Waals surface area contributed by atoms with Gasteiger partial charge in [-0.25, -0.2) is 0 Å². The third-order valence-electron chi connectivity index (χ3n) is 2.33. The fourth-order valence-electron chi connectivity index (χ4n) is 1.57. The molecule has 1 rings (SSSR count). The standard InChI is InChI=1S/C13H21NO2/c1-15-8-4-7-14-10-12-5-3-6-13(9-12)11-16-2/h3,5-6,9,14H,4,7-8,10-11H2,1-2H3. The van der Waals surface area contributed by atoms with Crippen LogP contribution in [0.15, 0.2) is 24.3 Å². The first-order valence-corrected chi connectivity index (χ1v) is 5.63. The van der Waals surface area contributed by atoms with Crippen LogP contribution in [0.1, 0.15) is 17.5 Å². The van der Waals surface area contributed by atoms with Gasteiger partial charge in [-0.05, 0) is 24.1 Å². The molecule has 0 bridgehead atoms. The summed E-state index contributed by atoms with van der Waals surface area (Å²) in [5, 5.41) is 3.38. The van der Waals surface area contributed by atoms with Crippen molar-refractivity contribution in [3.63, 3.8) is 0 Å². The number of hydrogen-bond acceptors (Lipinski definition) is 3. The minimum absolute atomic E-state index is 0.678. The second kappa shape index (κ2) is 8.28. The summed E-state index contributed by atoms with van der Waals surface area (Å²) in [5.41, 5.74) is 2.52. The Morgan fingerprint density at radius 2 is 1.94 bits per heavy atom.